The van der Waals surface area contributed by atoms with E-state index in [0.717, 1.165) is 12.8 Å². The molecule has 1 rings (SSSR count). The molecule has 6 heteroatoms. The standard InChI is InChI=1S/C14H21N3O2S/c1-3-11(4-2)17(7-8-18)14(19)12-6-5-10(9-16-12)13(15)20/h5-6,9,11,18H,3-4,7-8H2,1-2H3,(H2,15,20). The summed E-state index contributed by atoms with van der Waals surface area (Å²) < 4.78 is 0. The van der Waals surface area contributed by atoms with E-state index in [2.05, 4.69) is 4.98 Å². The fraction of sp³-hybridized carbons (Fsp3) is 0.500. The molecule has 0 aliphatic heterocycles. The van der Waals surface area contributed by atoms with Crippen molar-refractivity contribution in [3.05, 3.63) is 29.6 Å². The van der Waals surface area contributed by atoms with Crippen LogP contribution in [0.3, 0.4) is 0 Å². The first-order chi connectivity index (χ1) is 9.54. The van der Waals surface area contributed by atoms with Crippen LogP contribution >= 0.6 is 12.2 Å². The average molecular weight is 295 g/mol. The Morgan fingerprint density at radius 3 is 2.50 bits per heavy atom. The fourth-order valence-corrected chi connectivity index (χ4v) is 2.22. The molecule has 0 aliphatic rings. The Morgan fingerprint density at radius 1 is 1.45 bits per heavy atom. The minimum Gasteiger partial charge on any atom is -0.395 e. The third kappa shape index (κ3) is 3.98. The molecule has 1 amide bonds. The van der Waals surface area contributed by atoms with Gasteiger partial charge in [-0.15, -0.1) is 0 Å². The van der Waals surface area contributed by atoms with Gasteiger partial charge in [0.1, 0.15) is 10.7 Å². The van der Waals surface area contributed by atoms with Crippen LogP contribution in [-0.2, 0) is 0 Å². The van der Waals surface area contributed by atoms with Gasteiger partial charge >= 0.3 is 0 Å². The fourth-order valence-electron chi connectivity index (χ4n) is 2.10. The maximum absolute atomic E-state index is 12.5. The lowest BCUT2D eigenvalue weighted by Gasteiger charge is -2.29. The molecule has 0 saturated heterocycles. The molecule has 0 spiro atoms. The molecule has 1 aromatic rings. The van der Waals surface area contributed by atoms with Crippen molar-refractivity contribution in [2.75, 3.05) is 13.2 Å². The largest absolute Gasteiger partial charge is 0.395 e. The van der Waals surface area contributed by atoms with E-state index in [1.54, 1.807) is 17.0 Å². The Morgan fingerprint density at radius 2 is 2.10 bits per heavy atom. The summed E-state index contributed by atoms with van der Waals surface area (Å²) in [5, 5.41) is 9.14. The molecule has 0 saturated carbocycles. The number of hydrogen-bond acceptors (Lipinski definition) is 4. The van der Waals surface area contributed by atoms with Gasteiger partial charge in [0, 0.05) is 24.3 Å². The predicted molar refractivity (Wildman–Crippen MR) is 82.6 cm³/mol. The first-order valence-electron chi connectivity index (χ1n) is 6.72. The van der Waals surface area contributed by atoms with Crippen LogP contribution in [0.25, 0.3) is 0 Å². The number of amides is 1. The third-order valence-electron chi connectivity index (χ3n) is 3.25. The van der Waals surface area contributed by atoms with E-state index in [9.17, 15) is 4.79 Å². The lowest BCUT2D eigenvalue weighted by Crippen LogP contribution is -2.42. The highest BCUT2D eigenvalue weighted by Crippen LogP contribution is 2.12. The van der Waals surface area contributed by atoms with Crippen LogP contribution in [-0.4, -0.2) is 45.1 Å². The van der Waals surface area contributed by atoms with Crippen molar-refractivity contribution in [3.8, 4) is 0 Å². The summed E-state index contributed by atoms with van der Waals surface area (Å²) in [5.41, 5.74) is 6.47. The van der Waals surface area contributed by atoms with Crippen LogP contribution in [0.2, 0.25) is 0 Å². The second-order valence-corrected chi connectivity index (χ2v) is 4.93. The molecule has 0 aliphatic carbocycles. The van der Waals surface area contributed by atoms with Crippen LogP contribution in [0.5, 0.6) is 0 Å². The van der Waals surface area contributed by atoms with E-state index in [4.69, 9.17) is 23.1 Å². The highest BCUT2D eigenvalue weighted by Gasteiger charge is 2.22. The highest BCUT2D eigenvalue weighted by atomic mass is 32.1. The third-order valence-corrected chi connectivity index (χ3v) is 3.49. The van der Waals surface area contributed by atoms with Crippen molar-refractivity contribution < 1.29 is 9.90 Å². The zero-order valence-electron chi connectivity index (χ0n) is 11.9. The van der Waals surface area contributed by atoms with Gasteiger partial charge in [0.2, 0.25) is 0 Å². The maximum atomic E-state index is 12.5. The Balaban J connectivity index is 2.96. The Labute approximate surface area is 124 Å². The molecule has 20 heavy (non-hydrogen) atoms. The van der Waals surface area contributed by atoms with Crippen LogP contribution in [0.1, 0.15) is 42.7 Å². The van der Waals surface area contributed by atoms with Crippen LogP contribution < -0.4 is 5.73 Å². The molecule has 3 N–H and O–H groups in total. The number of hydrogen-bond donors (Lipinski definition) is 2. The van der Waals surface area contributed by atoms with Crippen molar-refractivity contribution in [2.24, 2.45) is 5.73 Å². The Kier molecular flexibility index (Phi) is 6.54. The van der Waals surface area contributed by atoms with Gasteiger partial charge in [0.15, 0.2) is 0 Å². The van der Waals surface area contributed by atoms with Gasteiger partial charge in [0.05, 0.1) is 6.61 Å². The molecule has 1 aromatic heterocycles. The second kappa shape index (κ2) is 7.91. The predicted octanol–water partition coefficient (Wildman–Crippen LogP) is 1.34. The first-order valence-corrected chi connectivity index (χ1v) is 7.13. The number of rotatable bonds is 7. The number of nitrogens with zero attached hydrogens (tertiary/aromatic N) is 2. The van der Waals surface area contributed by atoms with E-state index >= 15 is 0 Å². The molecular weight excluding hydrogens is 274 g/mol. The van der Waals surface area contributed by atoms with Gasteiger partial charge in [-0.2, -0.15) is 0 Å². The van der Waals surface area contributed by atoms with Crippen molar-refractivity contribution in [1.82, 2.24) is 9.88 Å². The molecule has 1 heterocycles. The number of nitrogens with two attached hydrogens (primary N) is 1. The van der Waals surface area contributed by atoms with Crippen LogP contribution in [0, 0.1) is 0 Å². The minimum atomic E-state index is -0.178. The lowest BCUT2D eigenvalue weighted by atomic mass is 10.1. The lowest BCUT2D eigenvalue weighted by molar-refractivity contribution is 0.0616. The molecule has 110 valence electrons. The quantitative estimate of drug-likeness (QED) is 0.742. The molecule has 0 bridgehead atoms. The average Bonchev–Trinajstić information content (AvgIpc) is 2.47. The smallest absolute Gasteiger partial charge is 0.272 e. The van der Waals surface area contributed by atoms with Crippen molar-refractivity contribution in [3.63, 3.8) is 0 Å². The summed E-state index contributed by atoms with van der Waals surface area (Å²) in [6.45, 7) is 4.29. The molecule has 0 radical (unpaired) electrons. The molecule has 0 unspecified atom stereocenters. The number of aliphatic hydroxyl groups is 1. The summed E-state index contributed by atoms with van der Waals surface area (Å²) in [7, 11) is 0. The normalized spacial score (nSPS) is 10.6. The van der Waals surface area contributed by atoms with Gasteiger partial charge in [-0.05, 0) is 25.0 Å². The van der Waals surface area contributed by atoms with E-state index < -0.39 is 0 Å². The zero-order chi connectivity index (χ0) is 15.1. The molecular formula is C14H21N3O2S. The number of carbonyl (C=O) groups is 1. The van der Waals surface area contributed by atoms with Crippen molar-refractivity contribution in [1.29, 1.82) is 0 Å². The van der Waals surface area contributed by atoms with Gasteiger partial charge in [-0.1, -0.05) is 26.1 Å². The van der Waals surface area contributed by atoms with Crippen molar-refractivity contribution in [2.45, 2.75) is 32.7 Å². The number of aromatic nitrogens is 1. The SMILES string of the molecule is CCC(CC)N(CCO)C(=O)c1ccc(C(N)=S)cn1. The van der Waals surface area contributed by atoms with E-state index in [1.165, 1.54) is 6.20 Å². The topological polar surface area (TPSA) is 79.5 Å². The van der Waals surface area contributed by atoms with Crippen molar-refractivity contribution >= 4 is 23.1 Å². The van der Waals surface area contributed by atoms with Gasteiger partial charge in [-0.3, -0.25) is 9.78 Å². The number of aliphatic hydroxyl groups excluding tert-OH is 1. The summed E-state index contributed by atoms with van der Waals surface area (Å²) in [6.07, 6.45) is 3.18. The molecule has 5 nitrogen and oxygen atoms in total. The van der Waals surface area contributed by atoms with Crippen LogP contribution in [0.4, 0.5) is 0 Å². The summed E-state index contributed by atoms with van der Waals surface area (Å²) >= 11 is 4.85. The monoisotopic (exact) mass is 295 g/mol. The van der Waals surface area contributed by atoms with Gasteiger partial charge < -0.3 is 15.7 Å². The summed E-state index contributed by atoms with van der Waals surface area (Å²) in [4.78, 5) is 18.5. The molecule has 0 atom stereocenters. The van der Waals surface area contributed by atoms with E-state index in [1.807, 2.05) is 13.8 Å². The molecule has 0 aromatic carbocycles. The highest BCUT2D eigenvalue weighted by molar-refractivity contribution is 7.80. The first kappa shape index (κ1) is 16.5. The second-order valence-electron chi connectivity index (χ2n) is 4.49. The van der Waals surface area contributed by atoms with Crippen LogP contribution in [0.15, 0.2) is 18.3 Å². The Bertz CT molecular complexity index is 458. The number of carbonyl (C=O) groups excluding carboxylic acids is 1. The summed E-state index contributed by atoms with van der Waals surface area (Å²) in [5.74, 6) is -0.178. The minimum absolute atomic E-state index is 0.0623. The zero-order valence-corrected chi connectivity index (χ0v) is 12.7. The number of thiocarbonyl (C=S) groups is 1. The Hall–Kier alpha value is -1.53. The number of pyridine rings is 1. The van der Waals surface area contributed by atoms with E-state index in [0.29, 0.717) is 17.8 Å². The maximum Gasteiger partial charge on any atom is 0.272 e. The summed E-state index contributed by atoms with van der Waals surface area (Å²) in [6, 6.07) is 3.41. The van der Waals surface area contributed by atoms with Gasteiger partial charge in [0.25, 0.3) is 5.91 Å². The van der Waals surface area contributed by atoms with E-state index in [-0.39, 0.29) is 23.5 Å². The van der Waals surface area contributed by atoms with Gasteiger partial charge in [-0.25, -0.2) is 0 Å². The molecule has 0 fully saturated rings.